The molecule has 0 unspecified atom stereocenters. The number of nitrogens with zero attached hydrogens (tertiary/aromatic N) is 1. The Kier molecular flexibility index (Phi) is 6.16. The summed E-state index contributed by atoms with van der Waals surface area (Å²) in [6, 6.07) is 17.5. The van der Waals surface area contributed by atoms with Crippen molar-refractivity contribution in [2.75, 3.05) is 5.32 Å². The SMILES string of the molecule is Cc1cccc(-c2cc(C(=O)Nc3sc4c(c3C(N)=O)CCCCCC4)c3ccccc3n2)c1. The Balaban J connectivity index is 1.58. The molecule has 0 fully saturated rings. The van der Waals surface area contributed by atoms with Gasteiger partial charge in [0.25, 0.3) is 11.8 Å². The van der Waals surface area contributed by atoms with Crippen LogP contribution >= 0.6 is 11.3 Å². The number of aryl methyl sites for hydroxylation is 2. The van der Waals surface area contributed by atoms with Crippen LogP contribution in [0.15, 0.2) is 54.6 Å². The number of aromatic nitrogens is 1. The molecule has 6 heteroatoms. The molecule has 34 heavy (non-hydrogen) atoms. The molecule has 0 aliphatic heterocycles. The number of benzene rings is 2. The van der Waals surface area contributed by atoms with E-state index in [0.717, 1.165) is 65.4 Å². The van der Waals surface area contributed by atoms with Gasteiger partial charge in [-0.05, 0) is 56.4 Å². The number of amides is 2. The molecule has 2 aromatic heterocycles. The molecule has 1 aliphatic rings. The number of carbonyl (C=O) groups is 2. The van der Waals surface area contributed by atoms with Gasteiger partial charge in [-0.2, -0.15) is 0 Å². The maximum absolute atomic E-state index is 13.6. The van der Waals surface area contributed by atoms with Gasteiger partial charge < -0.3 is 11.1 Å². The minimum Gasteiger partial charge on any atom is -0.365 e. The second-order valence-corrected chi connectivity index (χ2v) is 9.99. The molecule has 2 heterocycles. The number of primary amides is 1. The first-order valence-corrected chi connectivity index (χ1v) is 12.6. The lowest BCUT2D eigenvalue weighted by molar-refractivity contribution is 0.100. The molecular weight excluding hydrogens is 442 g/mol. The summed E-state index contributed by atoms with van der Waals surface area (Å²) in [5.74, 6) is -0.738. The molecule has 4 aromatic rings. The van der Waals surface area contributed by atoms with Crippen LogP contribution < -0.4 is 11.1 Å². The minimum absolute atomic E-state index is 0.260. The number of pyridine rings is 1. The van der Waals surface area contributed by atoms with Crippen molar-refractivity contribution in [1.29, 1.82) is 0 Å². The fourth-order valence-corrected chi connectivity index (χ4v) is 6.04. The zero-order valence-corrected chi connectivity index (χ0v) is 20.0. The highest BCUT2D eigenvalue weighted by atomic mass is 32.1. The first kappa shape index (κ1) is 22.3. The minimum atomic E-state index is -0.478. The van der Waals surface area contributed by atoms with Crippen molar-refractivity contribution >= 4 is 39.1 Å². The van der Waals surface area contributed by atoms with Crippen LogP contribution in [0.3, 0.4) is 0 Å². The first-order chi connectivity index (χ1) is 16.5. The summed E-state index contributed by atoms with van der Waals surface area (Å²) >= 11 is 1.50. The van der Waals surface area contributed by atoms with Crippen molar-refractivity contribution < 1.29 is 9.59 Å². The average molecular weight is 470 g/mol. The fourth-order valence-electron chi connectivity index (χ4n) is 4.75. The van der Waals surface area contributed by atoms with E-state index in [1.54, 1.807) is 0 Å². The van der Waals surface area contributed by atoms with Gasteiger partial charge in [0, 0.05) is 15.8 Å². The van der Waals surface area contributed by atoms with Crippen LogP contribution in [0, 0.1) is 6.92 Å². The van der Waals surface area contributed by atoms with Gasteiger partial charge in [0.05, 0.1) is 22.3 Å². The number of rotatable bonds is 4. The number of nitrogens with two attached hydrogens (primary N) is 1. The van der Waals surface area contributed by atoms with Gasteiger partial charge >= 0.3 is 0 Å². The molecule has 2 amide bonds. The number of fused-ring (bicyclic) bond motifs is 2. The van der Waals surface area contributed by atoms with E-state index in [4.69, 9.17) is 10.7 Å². The first-order valence-electron chi connectivity index (χ1n) is 11.7. The Morgan fingerprint density at radius 1 is 0.971 bits per heavy atom. The topological polar surface area (TPSA) is 85.1 Å². The largest absolute Gasteiger partial charge is 0.365 e. The van der Waals surface area contributed by atoms with Gasteiger partial charge in [0.2, 0.25) is 0 Å². The number of thiophene rings is 1. The van der Waals surface area contributed by atoms with Gasteiger partial charge in [0.15, 0.2) is 0 Å². The molecule has 2 aromatic carbocycles. The third kappa shape index (κ3) is 4.33. The number of carbonyl (C=O) groups excluding carboxylic acids is 2. The van der Waals surface area contributed by atoms with E-state index >= 15 is 0 Å². The molecule has 172 valence electrons. The molecular formula is C28H27N3O2S. The summed E-state index contributed by atoms with van der Waals surface area (Å²) < 4.78 is 0. The second-order valence-electron chi connectivity index (χ2n) is 8.88. The van der Waals surface area contributed by atoms with Crippen LogP contribution in [-0.2, 0) is 12.8 Å². The van der Waals surface area contributed by atoms with Crippen molar-refractivity contribution in [3.05, 3.63) is 81.7 Å². The van der Waals surface area contributed by atoms with E-state index in [0.29, 0.717) is 16.1 Å². The Bertz CT molecular complexity index is 1410. The lowest BCUT2D eigenvalue weighted by Gasteiger charge is -2.12. The van der Waals surface area contributed by atoms with Crippen molar-refractivity contribution in [3.63, 3.8) is 0 Å². The summed E-state index contributed by atoms with van der Waals surface area (Å²) in [6.45, 7) is 2.03. The van der Waals surface area contributed by atoms with E-state index in [-0.39, 0.29) is 5.91 Å². The van der Waals surface area contributed by atoms with Crippen LogP contribution in [-0.4, -0.2) is 16.8 Å². The Hall–Kier alpha value is -3.51. The molecule has 0 spiro atoms. The zero-order valence-electron chi connectivity index (χ0n) is 19.2. The molecule has 5 rings (SSSR count). The monoisotopic (exact) mass is 469 g/mol. The number of para-hydroxylation sites is 1. The van der Waals surface area contributed by atoms with E-state index in [9.17, 15) is 9.59 Å². The van der Waals surface area contributed by atoms with Crippen LogP contribution in [0.2, 0.25) is 0 Å². The van der Waals surface area contributed by atoms with E-state index in [2.05, 4.69) is 11.4 Å². The second kappa shape index (κ2) is 9.39. The Morgan fingerprint density at radius 3 is 2.56 bits per heavy atom. The standard InChI is InChI=1S/C28H27N3O2S/c1-17-9-8-10-18(15-17)23-16-21(19-11-6-7-13-22(19)30-23)27(33)31-28-25(26(29)32)20-12-4-2-3-5-14-24(20)34-28/h6-11,13,15-16H,2-5,12,14H2,1H3,(H2,29,32)(H,31,33). The number of anilines is 1. The Morgan fingerprint density at radius 2 is 1.76 bits per heavy atom. The predicted octanol–water partition coefficient (Wildman–Crippen LogP) is 6.28. The number of nitrogens with one attached hydrogen (secondary N) is 1. The van der Waals surface area contributed by atoms with Gasteiger partial charge in [0.1, 0.15) is 5.00 Å². The highest BCUT2D eigenvalue weighted by molar-refractivity contribution is 7.17. The summed E-state index contributed by atoms with van der Waals surface area (Å²) in [6.07, 6.45) is 6.22. The van der Waals surface area contributed by atoms with Crippen molar-refractivity contribution in [2.45, 2.75) is 45.4 Å². The number of hydrogen-bond acceptors (Lipinski definition) is 4. The van der Waals surface area contributed by atoms with Crippen molar-refractivity contribution in [1.82, 2.24) is 4.98 Å². The zero-order chi connectivity index (χ0) is 23.7. The van der Waals surface area contributed by atoms with Crippen LogP contribution in [0.1, 0.15) is 62.4 Å². The summed E-state index contributed by atoms with van der Waals surface area (Å²) in [5, 5.41) is 4.37. The van der Waals surface area contributed by atoms with E-state index in [1.807, 2.05) is 55.5 Å². The third-order valence-electron chi connectivity index (χ3n) is 6.42. The smallest absolute Gasteiger partial charge is 0.257 e. The highest BCUT2D eigenvalue weighted by Gasteiger charge is 2.25. The lowest BCUT2D eigenvalue weighted by Crippen LogP contribution is -2.18. The van der Waals surface area contributed by atoms with Gasteiger partial charge in [-0.3, -0.25) is 9.59 Å². The van der Waals surface area contributed by atoms with Gasteiger partial charge in [-0.25, -0.2) is 4.98 Å². The Labute approximate surface area is 203 Å². The fraction of sp³-hybridized carbons (Fsp3) is 0.250. The molecule has 3 N–H and O–H groups in total. The molecule has 1 aliphatic carbocycles. The molecule has 0 radical (unpaired) electrons. The third-order valence-corrected chi connectivity index (χ3v) is 7.63. The van der Waals surface area contributed by atoms with Gasteiger partial charge in [-0.15, -0.1) is 11.3 Å². The molecule has 0 atom stereocenters. The molecule has 0 saturated carbocycles. The predicted molar refractivity (Wildman–Crippen MR) is 139 cm³/mol. The molecule has 0 saturated heterocycles. The normalized spacial score (nSPS) is 13.7. The van der Waals surface area contributed by atoms with Crippen molar-refractivity contribution in [3.8, 4) is 11.3 Å². The summed E-state index contributed by atoms with van der Waals surface area (Å²) in [5.41, 5.74) is 11.4. The van der Waals surface area contributed by atoms with Gasteiger partial charge in [-0.1, -0.05) is 54.8 Å². The molecule has 5 nitrogen and oxygen atoms in total. The van der Waals surface area contributed by atoms with Crippen LogP contribution in [0.4, 0.5) is 5.00 Å². The van der Waals surface area contributed by atoms with Crippen molar-refractivity contribution in [2.24, 2.45) is 5.73 Å². The quantitative estimate of drug-likeness (QED) is 0.369. The maximum Gasteiger partial charge on any atom is 0.257 e. The summed E-state index contributed by atoms with van der Waals surface area (Å²) in [4.78, 5) is 32.0. The maximum atomic E-state index is 13.6. The number of hydrogen-bond donors (Lipinski definition) is 2. The van der Waals surface area contributed by atoms with E-state index < -0.39 is 5.91 Å². The lowest BCUT2D eigenvalue weighted by atomic mass is 9.96. The highest BCUT2D eigenvalue weighted by Crippen LogP contribution is 2.37. The van der Waals surface area contributed by atoms with Crippen LogP contribution in [0.25, 0.3) is 22.2 Å². The van der Waals surface area contributed by atoms with Crippen LogP contribution in [0.5, 0.6) is 0 Å². The summed E-state index contributed by atoms with van der Waals surface area (Å²) in [7, 11) is 0. The average Bonchev–Trinajstić information content (AvgIpc) is 3.14. The van der Waals surface area contributed by atoms with E-state index in [1.165, 1.54) is 22.6 Å². The molecule has 0 bridgehead atoms.